The first kappa shape index (κ1) is 21.1. The molecule has 1 aromatic heterocycles. The molecule has 29 heavy (non-hydrogen) atoms. The molecule has 0 atom stereocenters. The second kappa shape index (κ2) is 11.4. The van der Waals surface area contributed by atoms with Gasteiger partial charge in [0.05, 0.1) is 0 Å². The summed E-state index contributed by atoms with van der Waals surface area (Å²) in [6, 6.07) is 15.4. The Labute approximate surface area is 173 Å². The summed E-state index contributed by atoms with van der Waals surface area (Å²) in [5, 5.41) is 2.98. The fraction of sp³-hybridized carbons (Fsp3) is 0.440. The number of fused-ring (bicyclic) bond motifs is 1. The highest BCUT2D eigenvalue weighted by Gasteiger charge is 2.08. The summed E-state index contributed by atoms with van der Waals surface area (Å²) < 4.78 is 5.79. The molecule has 0 saturated heterocycles. The van der Waals surface area contributed by atoms with Crippen molar-refractivity contribution in [3.05, 3.63) is 48.5 Å². The number of anilines is 1. The van der Waals surface area contributed by atoms with Gasteiger partial charge in [0.2, 0.25) is 11.8 Å². The Morgan fingerprint density at radius 3 is 2.21 bits per heavy atom. The number of carbonyl (C=O) groups excluding carboxylic acids is 1. The molecule has 1 N–H and O–H groups in total. The minimum absolute atomic E-state index is 0.0857. The standard InChI is InChI=1S/C25H32N2O2/c1-2-3-4-5-6-7-8-9-10-15-24(28)26-21-18-16-20(17-19-21)25-27-22-13-11-12-14-23(22)29-25/h11-14,16-19H,2-10,15H2,1H3,(H,26,28). The number of hydrogen-bond donors (Lipinski definition) is 1. The van der Waals surface area contributed by atoms with Crippen LogP contribution >= 0.6 is 0 Å². The SMILES string of the molecule is CCCCCCCCCCCC(=O)Nc1ccc(-c2nc3ccccc3o2)cc1. The van der Waals surface area contributed by atoms with Crippen LogP contribution in [0.25, 0.3) is 22.6 Å². The van der Waals surface area contributed by atoms with Crippen LogP contribution in [-0.2, 0) is 4.79 Å². The summed E-state index contributed by atoms with van der Waals surface area (Å²) in [5.74, 6) is 0.682. The van der Waals surface area contributed by atoms with Crippen LogP contribution in [-0.4, -0.2) is 10.9 Å². The molecule has 0 aliphatic rings. The van der Waals surface area contributed by atoms with Gasteiger partial charge in [-0.2, -0.15) is 0 Å². The molecule has 4 heteroatoms. The van der Waals surface area contributed by atoms with Gasteiger partial charge in [-0.1, -0.05) is 70.4 Å². The predicted molar refractivity (Wildman–Crippen MR) is 120 cm³/mol. The monoisotopic (exact) mass is 392 g/mol. The first-order valence-corrected chi connectivity index (χ1v) is 11.0. The molecule has 0 saturated carbocycles. The van der Waals surface area contributed by atoms with Crippen molar-refractivity contribution in [2.75, 3.05) is 5.32 Å². The van der Waals surface area contributed by atoms with Gasteiger partial charge >= 0.3 is 0 Å². The van der Waals surface area contributed by atoms with Crippen LogP contribution in [0.4, 0.5) is 5.69 Å². The van der Waals surface area contributed by atoms with Gasteiger partial charge in [0.25, 0.3) is 0 Å². The molecule has 0 spiro atoms. The van der Waals surface area contributed by atoms with E-state index in [1.807, 2.05) is 48.5 Å². The second-order valence-electron chi connectivity index (χ2n) is 7.69. The Balaban J connectivity index is 1.36. The zero-order valence-corrected chi connectivity index (χ0v) is 17.5. The maximum absolute atomic E-state index is 12.1. The number of amides is 1. The Bertz CT molecular complexity index is 850. The average molecular weight is 393 g/mol. The minimum atomic E-state index is 0.0857. The van der Waals surface area contributed by atoms with Crippen molar-refractivity contribution in [2.24, 2.45) is 0 Å². The quantitative estimate of drug-likeness (QED) is 0.328. The molecular formula is C25H32N2O2. The summed E-state index contributed by atoms with van der Waals surface area (Å²) in [7, 11) is 0. The molecule has 0 aliphatic carbocycles. The topological polar surface area (TPSA) is 55.1 Å². The smallest absolute Gasteiger partial charge is 0.227 e. The first-order valence-electron chi connectivity index (χ1n) is 11.0. The van der Waals surface area contributed by atoms with E-state index in [9.17, 15) is 4.79 Å². The summed E-state index contributed by atoms with van der Waals surface area (Å²) in [4.78, 5) is 16.7. The molecular weight excluding hydrogens is 360 g/mol. The zero-order chi connectivity index (χ0) is 20.3. The molecule has 0 aliphatic heterocycles. The van der Waals surface area contributed by atoms with Crippen LogP contribution in [0.2, 0.25) is 0 Å². The Hall–Kier alpha value is -2.62. The van der Waals surface area contributed by atoms with E-state index in [1.54, 1.807) is 0 Å². The summed E-state index contributed by atoms with van der Waals surface area (Å²) in [6.07, 6.45) is 11.9. The van der Waals surface area contributed by atoms with Gasteiger partial charge in [-0.3, -0.25) is 4.79 Å². The molecule has 154 valence electrons. The molecule has 3 aromatic rings. The second-order valence-corrected chi connectivity index (χ2v) is 7.69. The van der Waals surface area contributed by atoms with Crippen LogP contribution in [0.1, 0.15) is 71.1 Å². The molecule has 3 rings (SSSR count). The van der Waals surface area contributed by atoms with Crippen LogP contribution in [0.5, 0.6) is 0 Å². The lowest BCUT2D eigenvalue weighted by Crippen LogP contribution is -2.10. The highest BCUT2D eigenvalue weighted by molar-refractivity contribution is 5.90. The summed E-state index contributed by atoms with van der Waals surface area (Å²) >= 11 is 0. The van der Waals surface area contributed by atoms with Crippen molar-refractivity contribution in [3.8, 4) is 11.5 Å². The molecule has 0 bridgehead atoms. The minimum Gasteiger partial charge on any atom is -0.436 e. The summed E-state index contributed by atoms with van der Waals surface area (Å²) in [6.45, 7) is 2.25. The maximum Gasteiger partial charge on any atom is 0.227 e. The lowest BCUT2D eigenvalue weighted by molar-refractivity contribution is -0.116. The molecule has 0 fully saturated rings. The number of nitrogens with one attached hydrogen (secondary N) is 1. The Morgan fingerprint density at radius 2 is 1.52 bits per heavy atom. The van der Waals surface area contributed by atoms with Gasteiger partial charge in [-0.15, -0.1) is 0 Å². The molecule has 1 amide bonds. The van der Waals surface area contributed by atoms with E-state index >= 15 is 0 Å². The third-order valence-corrected chi connectivity index (χ3v) is 5.22. The lowest BCUT2D eigenvalue weighted by atomic mass is 10.1. The lowest BCUT2D eigenvalue weighted by Gasteiger charge is -2.06. The molecule has 0 unspecified atom stereocenters. The van der Waals surface area contributed by atoms with Crippen molar-refractivity contribution in [2.45, 2.75) is 71.1 Å². The normalized spacial score (nSPS) is 11.1. The van der Waals surface area contributed by atoms with E-state index in [1.165, 1.54) is 44.9 Å². The fourth-order valence-corrected chi connectivity index (χ4v) is 3.51. The van der Waals surface area contributed by atoms with Crippen LogP contribution < -0.4 is 5.32 Å². The number of aromatic nitrogens is 1. The van der Waals surface area contributed by atoms with Crippen molar-refractivity contribution < 1.29 is 9.21 Å². The van der Waals surface area contributed by atoms with Crippen LogP contribution in [0.15, 0.2) is 52.9 Å². The molecule has 4 nitrogen and oxygen atoms in total. The third-order valence-electron chi connectivity index (χ3n) is 5.22. The molecule has 1 heterocycles. The number of benzene rings is 2. The fourth-order valence-electron chi connectivity index (χ4n) is 3.51. The number of carbonyl (C=O) groups is 1. The van der Waals surface area contributed by atoms with Gasteiger partial charge in [0, 0.05) is 17.7 Å². The zero-order valence-electron chi connectivity index (χ0n) is 17.5. The van der Waals surface area contributed by atoms with Crippen molar-refractivity contribution in [3.63, 3.8) is 0 Å². The molecule has 2 aromatic carbocycles. The van der Waals surface area contributed by atoms with E-state index in [0.717, 1.165) is 35.2 Å². The van der Waals surface area contributed by atoms with Gasteiger partial charge in [0.15, 0.2) is 5.58 Å². The van der Waals surface area contributed by atoms with Crippen LogP contribution in [0, 0.1) is 0 Å². The van der Waals surface area contributed by atoms with E-state index in [-0.39, 0.29) is 5.91 Å². The third kappa shape index (κ3) is 6.74. The van der Waals surface area contributed by atoms with Gasteiger partial charge in [0.1, 0.15) is 5.52 Å². The number of nitrogens with zero attached hydrogens (tertiary/aromatic N) is 1. The highest BCUT2D eigenvalue weighted by Crippen LogP contribution is 2.25. The van der Waals surface area contributed by atoms with E-state index < -0.39 is 0 Å². The van der Waals surface area contributed by atoms with Crippen molar-refractivity contribution in [1.29, 1.82) is 0 Å². The van der Waals surface area contributed by atoms with Crippen molar-refractivity contribution in [1.82, 2.24) is 4.98 Å². The van der Waals surface area contributed by atoms with Gasteiger partial charge in [-0.25, -0.2) is 4.98 Å². The van der Waals surface area contributed by atoms with E-state index in [0.29, 0.717) is 12.3 Å². The largest absolute Gasteiger partial charge is 0.436 e. The number of rotatable bonds is 12. The highest BCUT2D eigenvalue weighted by atomic mass is 16.3. The predicted octanol–water partition coefficient (Wildman–Crippen LogP) is 7.35. The maximum atomic E-state index is 12.1. The van der Waals surface area contributed by atoms with Crippen molar-refractivity contribution >= 4 is 22.7 Å². The first-order chi connectivity index (χ1) is 14.3. The molecule has 0 radical (unpaired) electrons. The van der Waals surface area contributed by atoms with Gasteiger partial charge < -0.3 is 9.73 Å². The number of hydrogen-bond acceptors (Lipinski definition) is 3. The number of para-hydroxylation sites is 2. The summed E-state index contributed by atoms with van der Waals surface area (Å²) in [5.41, 5.74) is 3.34. The van der Waals surface area contributed by atoms with Gasteiger partial charge in [-0.05, 0) is 42.8 Å². The number of oxazole rings is 1. The Kier molecular flexibility index (Phi) is 8.29. The van der Waals surface area contributed by atoms with Crippen LogP contribution in [0.3, 0.4) is 0 Å². The Morgan fingerprint density at radius 1 is 0.862 bits per heavy atom. The van der Waals surface area contributed by atoms with E-state index in [2.05, 4.69) is 17.2 Å². The van der Waals surface area contributed by atoms with E-state index in [4.69, 9.17) is 4.42 Å². The number of unbranched alkanes of at least 4 members (excludes halogenated alkanes) is 8. The average Bonchev–Trinajstić information content (AvgIpc) is 3.17.